The lowest BCUT2D eigenvalue weighted by Gasteiger charge is -2.02. The highest BCUT2D eigenvalue weighted by atomic mass is 16.5. The molecule has 2 aromatic rings. The second-order valence-electron chi connectivity index (χ2n) is 3.65. The first-order valence-corrected chi connectivity index (χ1v) is 5.16. The average molecular weight is 245 g/mol. The van der Waals surface area contributed by atoms with E-state index in [0.29, 0.717) is 24.2 Å². The van der Waals surface area contributed by atoms with Crippen LogP contribution in [0, 0.1) is 11.3 Å². The van der Waals surface area contributed by atoms with Gasteiger partial charge in [0.25, 0.3) is 5.95 Å². The van der Waals surface area contributed by atoms with Crippen LogP contribution in [0.4, 0.5) is 11.8 Å². The van der Waals surface area contributed by atoms with Crippen molar-refractivity contribution in [1.82, 2.24) is 20.3 Å². The fourth-order valence-corrected chi connectivity index (χ4v) is 1.15. The molecular formula is C10H11N7O. The maximum Gasteiger partial charge on any atom is 0.265 e. The summed E-state index contributed by atoms with van der Waals surface area (Å²) in [6.07, 6.45) is 0. The molecule has 0 unspecified atom stereocenters. The molecule has 2 aromatic heterocycles. The molecule has 0 aliphatic carbocycles. The second kappa shape index (κ2) is 5.09. The topological polar surface area (TPSA) is 104 Å². The summed E-state index contributed by atoms with van der Waals surface area (Å²) in [5.41, 5.74) is 0.272. The van der Waals surface area contributed by atoms with Crippen LogP contribution in [0.25, 0.3) is 0 Å². The lowest BCUT2D eigenvalue weighted by atomic mass is 10.4. The molecule has 0 spiro atoms. The van der Waals surface area contributed by atoms with Crippen molar-refractivity contribution in [3.05, 3.63) is 23.7 Å². The highest BCUT2D eigenvalue weighted by Crippen LogP contribution is 2.07. The van der Waals surface area contributed by atoms with E-state index < -0.39 is 0 Å². The summed E-state index contributed by atoms with van der Waals surface area (Å²) >= 11 is 0. The Balaban J connectivity index is 1.96. The molecule has 0 aliphatic heterocycles. The third-order valence-corrected chi connectivity index (χ3v) is 2.06. The monoisotopic (exact) mass is 245 g/mol. The van der Waals surface area contributed by atoms with Crippen LogP contribution in [0.1, 0.15) is 11.6 Å². The molecule has 0 atom stereocenters. The molecule has 0 amide bonds. The van der Waals surface area contributed by atoms with Crippen LogP contribution in [0.5, 0.6) is 0 Å². The first-order chi connectivity index (χ1) is 8.69. The number of nitrogens with zero attached hydrogens (tertiary/aromatic N) is 6. The summed E-state index contributed by atoms with van der Waals surface area (Å²) in [7, 11) is 3.66. The highest BCUT2D eigenvalue weighted by molar-refractivity contribution is 5.35. The van der Waals surface area contributed by atoms with Crippen molar-refractivity contribution in [2.24, 2.45) is 0 Å². The predicted octanol–water partition coefficient (Wildman–Crippen LogP) is 0.409. The van der Waals surface area contributed by atoms with Crippen LogP contribution < -0.4 is 10.2 Å². The van der Waals surface area contributed by atoms with Gasteiger partial charge in [-0.2, -0.15) is 10.2 Å². The molecule has 2 heterocycles. The Morgan fingerprint density at radius 2 is 2.22 bits per heavy atom. The maximum atomic E-state index is 8.58. The van der Waals surface area contributed by atoms with E-state index in [2.05, 4.69) is 25.7 Å². The summed E-state index contributed by atoms with van der Waals surface area (Å²) in [4.78, 5) is 5.89. The van der Waals surface area contributed by atoms with Gasteiger partial charge in [-0.15, -0.1) is 10.2 Å². The van der Waals surface area contributed by atoms with Crippen LogP contribution in [0.3, 0.4) is 0 Å². The van der Waals surface area contributed by atoms with Gasteiger partial charge in [0.05, 0.1) is 6.54 Å². The van der Waals surface area contributed by atoms with Crippen LogP contribution in [-0.4, -0.2) is 34.4 Å². The van der Waals surface area contributed by atoms with Crippen molar-refractivity contribution >= 4 is 11.8 Å². The molecule has 0 aromatic carbocycles. The van der Waals surface area contributed by atoms with Crippen LogP contribution >= 0.6 is 0 Å². The van der Waals surface area contributed by atoms with Gasteiger partial charge in [0, 0.05) is 14.1 Å². The molecule has 18 heavy (non-hydrogen) atoms. The molecule has 1 N–H and O–H groups in total. The van der Waals surface area contributed by atoms with E-state index in [-0.39, 0.29) is 5.69 Å². The standard InChI is InChI=1S/C10H11N7O/c1-17(2)10-13-9(18-16-10)6-12-8-4-3-7(5-11)14-15-8/h3-4H,6H2,1-2H3,(H,12,15). The minimum Gasteiger partial charge on any atom is -0.359 e. The lowest BCUT2D eigenvalue weighted by molar-refractivity contribution is 0.383. The summed E-state index contributed by atoms with van der Waals surface area (Å²) in [6.45, 7) is 0.349. The normalized spacial score (nSPS) is 9.83. The smallest absolute Gasteiger partial charge is 0.265 e. The summed E-state index contributed by atoms with van der Waals surface area (Å²) in [5, 5.41) is 22.8. The Morgan fingerprint density at radius 3 is 2.78 bits per heavy atom. The molecule has 8 heteroatoms. The van der Waals surface area contributed by atoms with Gasteiger partial charge in [0.15, 0.2) is 5.69 Å². The van der Waals surface area contributed by atoms with Crippen molar-refractivity contribution in [2.75, 3.05) is 24.3 Å². The molecule has 0 aliphatic rings. The fourth-order valence-electron chi connectivity index (χ4n) is 1.15. The molecule has 8 nitrogen and oxygen atoms in total. The molecule has 2 rings (SSSR count). The third kappa shape index (κ3) is 2.70. The van der Waals surface area contributed by atoms with Gasteiger partial charge in [-0.3, -0.25) is 0 Å². The van der Waals surface area contributed by atoms with Crippen molar-refractivity contribution in [3.63, 3.8) is 0 Å². The average Bonchev–Trinajstić information content (AvgIpc) is 2.86. The van der Waals surface area contributed by atoms with Gasteiger partial charge >= 0.3 is 0 Å². The highest BCUT2D eigenvalue weighted by Gasteiger charge is 2.07. The maximum absolute atomic E-state index is 8.58. The fraction of sp³-hybridized carbons (Fsp3) is 0.300. The van der Waals surface area contributed by atoms with Crippen LogP contribution in [0.15, 0.2) is 16.7 Å². The number of hydrogen-bond acceptors (Lipinski definition) is 8. The Bertz CT molecular complexity index is 554. The van der Waals surface area contributed by atoms with Crippen molar-refractivity contribution in [1.29, 1.82) is 5.26 Å². The zero-order valence-corrected chi connectivity index (χ0v) is 9.95. The Hall–Kier alpha value is -2.69. The summed E-state index contributed by atoms with van der Waals surface area (Å²) < 4.78 is 5.03. The Kier molecular flexibility index (Phi) is 3.33. The number of aromatic nitrogens is 4. The number of rotatable bonds is 4. The summed E-state index contributed by atoms with van der Waals surface area (Å²) in [5.74, 6) is 1.50. The zero-order chi connectivity index (χ0) is 13.0. The molecule has 0 fully saturated rings. The van der Waals surface area contributed by atoms with Gasteiger partial charge in [0.2, 0.25) is 5.89 Å². The van der Waals surface area contributed by atoms with E-state index in [0.717, 1.165) is 0 Å². The molecule has 0 bridgehead atoms. The Morgan fingerprint density at radius 1 is 1.39 bits per heavy atom. The van der Waals surface area contributed by atoms with Crippen molar-refractivity contribution in [2.45, 2.75) is 6.54 Å². The Labute approximate surface area is 103 Å². The number of anilines is 2. The third-order valence-electron chi connectivity index (χ3n) is 2.06. The van der Waals surface area contributed by atoms with E-state index in [1.807, 2.05) is 20.2 Å². The molecular weight excluding hydrogens is 234 g/mol. The number of hydrogen-bond donors (Lipinski definition) is 1. The lowest BCUT2D eigenvalue weighted by Crippen LogP contribution is -2.10. The minimum absolute atomic E-state index is 0.272. The molecule has 0 saturated heterocycles. The van der Waals surface area contributed by atoms with E-state index in [1.54, 1.807) is 17.0 Å². The SMILES string of the molecule is CN(C)c1noc(CNc2ccc(C#N)nn2)n1. The van der Waals surface area contributed by atoms with Gasteiger partial charge in [-0.05, 0) is 17.3 Å². The number of nitrogens with one attached hydrogen (secondary N) is 1. The largest absolute Gasteiger partial charge is 0.359 e. The zero-order valence-electron chi connectivity index (χ0n) is 9.95. The van der Waals surface area contributed by atoms with E-state index in [4.69, 9.17) is 9.78 Å². The molecule has 0 saturated carbocycles. The van der Waals surface area contributed by atoms with Gasteiger partial charge in [0.1, 0.15) is 11.9 Å². The molecule has 92 valence electrons. The predicted molar refractivity (Wildman–Crippen MR) is 62.7 cm³/mol. The van der Waals surface area contributed by atoms with Gasteiger partial charge in [-0.1, -0.05) is 0 Å². The van der Waals surface area contributed by atoms with E-state index in [9.17, 15) is 0 Å². The minimum atomic E-state index is 0.272. The first kappa shape index (κ1) is 11.8. The van der Waals surface area contributed by atoms with E-state index >= 15 is 0 Å². The van der Waals surface area contributed by atoms with E-state index in [1.165, 1.54) is 0 Å². The number of nitriles is 1. The van der Waals surface area contributed by atoms with Gasteiger partial charge < -0.3 is 14.7 Å². The van der Waals surface area contributed by atoms with Gasteiger partial charge in [-0.25, -0.2) is 0 Å². The summed E-state index contributed by atoms with van der Waals surface area (Å²) in [6, 6.07) is 5.14. The van der Waals surface area contributed by atoms with Crippen LogP contribution in [0.2, 0.25) is 0 Å². The quantitative estimate of drug-likeness (QED) is 0.825. The first-order valence-electron chi connectivity index (χ1n) is 5.16. The van der Waals surface area contributed by atoms with Crippen molar-refractivity contribution < 1.29 is 4.52 Å². The molecule has 0 radical (unpaired) electrons. The van der Waals surface area contributed by atoms with Crippen molar-refractivity contribution in [3.8, 4) is 6.07 Å². The van der Waals surface area contributed by atoms with Crippen LogP contribution in [-0.2, 0) is 6.54 Å². The second-order valence-corrected chi connectivity index (χ2v) is 3.65.